The Morgan fingerprint density at radius 2 is 1.76 bits per heavy atom. The average molecular weight is 237 g/mol. The van der Waals surface area contributed by atoms with E-state index in [9.17, 15) is 4.79 Å². The first-order chi connectivity index (χ1) is 8.27. The van der Waals surface area contributed by atoms with Gasteiger partial charge in [-0.05, 0) is 31.1 Å². The van der Waals surface area contributed by atoms with Gasteiger partial charge in [0.15, 0.2) is 0 Å². The molecule has 0 N–H and O–H groups in total. The number of carbonyl (C=O) groups excluding carboxylic acids is 1. The molecule has 1 radical (unpaired) electrons. The highest BCUT2D eigenvalue weighted by Crippen LogP contribution is 2.35. The Kier molecular flexibility index (Phi) is 7.55. The molecule has 0 bridgehead atoms. The fraction of sp³-hybridized carbons (Fsp3) is 0.938. The van der Waals surface area contributed by atoms with E-state index in [-0.39, 0.29) is 5.92 Å². The summed E-state index contributed by atoms with van der Waals surface area (Å²) in [4.78, 5) is 10.7. The second kappa shape index (κ2) is 8.72. The van der Waals surface area contributed by atoms with Gasteiger partial charge in [-0.25, -0.2) is 0 Å². The van der Waals surface area contributed by atoms with Crippen LogP contribution in [0.5, 0.6) is 0 Å². The first kappa shape index (κ1) is 14.7. The summed E-state index contributed by atoms with van der Waals surface area (Å²) in [7, 11) is 0. The Bertz CT molecular complexity index is 200. The average Bonchev–Trinajstić information content (AvgIpc) is 2.34. The summed E-state index contributed by atoms with van der Waals surface area (Å²) in [5.74, 6) is 1.70. The third kappa shape index (κ3) is 5.70. The molecule has 99 valence electrons. The van der Waals surface area contributed by atoms with Crippen molar-refractivity contribution in [3.8, 4) is 0 Å². The van der Waals surface area contributed by atoms with E-state index in [1.54, 1.807) is 0 Å². The zero-order valence-corrected chi connectivity index (χ0v) is 11.7. The van der Waals surface area contributed by atoms with E-state index in [0.29, 0.717) is 5.92 Å². The second-order valence-corrected chi connectivity index (χ2v) is 5.94. The predicted molar refractivity (Wildman–Crippen MR) is 73.7 cm³/mol. The number of hydrogen-bond donors (Lipinski definition) is 0. The summed E-state index contributed by atoms with van der Waals surface area (Å²) in [6.07, 6.45) is 15.6. The molecule has 3 unspecified atom stereocenters. The topological polar surface area (TPSA) is 17.1 Å². The van der Waals surface area contributed by atoms with E-state index in [1.807, 2.05) is 0 Å². The van der Waals surface area contributed by atoms with Gasteiger partial charge in [0, 0.05) is 5.92 Å². The van der Waals surface area contributed by atoms with Crippen LogP contribution in [0.25, 0.3) is 0 Å². The SMILES string of the molecule is CCCCCCCCC1CCC([C]=O)C(C)C1. The summed E-state index contributed by atoms with van der Waals surface area (Å²) < 4.78 is 0. The molecule has 0 saturated heterocycles. The zero-order valence-electron chi connectivity index (χ0n) is 11.7. The van der Waals surface area contributed by atoms with Gasteiger partial charge in [0.05, 0.1) is 0 Å². The van der Waals surface area contributed by atoms with Crippen molar-refractivity contribution in [3.05, 3.63) is 0 Å². The smallest absolute Gasteiger partial charge is 0.202 e. The summed E-state index contributed by atoms with van der Waals surface area (Å²) in [6, 6.07) is 0. The lowest BCUT2D eigenvalue weighted by atomic mass is 9.74. The monoisotopic (exact) mass is 237 g/mol. The van der Waals surface area contributed by atoms with E-state index in [1.165, 1.54) is 57.8 Å². The minimum absolute atomic E-state index is 0.232. The van der Waals surface area contributed by atoms with Crippen molar-refractivity contribution in [1.29, 1.82) is 0 Å². The Morgan fingerprint density at radius 1 is 1.06 bits per heavy atom. The third-order valence-corrected chi connectivity index (χ3v) is 4.40. The van der Waals surface area contributed by atoms with Crippen molar-refractivity contribution in [3.63, 3.8) is 0 Å². The Morgan fingerprint density at radius 3 is 2.41 bits per heavy atom. The molecule has 0 aromatic carbocycles. The van der Waals surface area contributed by atoms with Crippen LogP contribution in [0, 0.1) is 17.8 Å². The van der Waals surface area contributed by atoms with Crippen LogP contribution in [0.4, 0.5) is 0 Å². The molecular weight excluding hydrogens is 208 g/mol. The Labute approximate surface area is 107 Å². The highest BCUT2D eigenvalue weighted by Gasteiger charge is 2.27. The van der Waals surface area contributed by atoms with E-state index in [2.05, 4.69) is 20.1 Å². The van der Waals surface area contributed by atoms with Gasteiger partial charge in [-0.2, -0.15) is 0 Å². The van der Waals surface area contributed by atoms with Crippen LogP contribution in [0.3, 0.4) is 0 Å². The van der Waals surface area contributed by atoms with Gasteiger partial charge >= 0.3 is 0 Å². The maximum Gasteiger partial charge on any atom is 0.202 e. The van der Waals surface area contributed by atoms with Gasteiger partial charge in [-0.15, -0.1) is 0 Å². The van der Waals surface area contributed by atoms with Crippen LogP contribution in [-0.4, -0.2) is 6.29 Å². The van der Waals surface area contributed by atoms with Gasteiger partial charge in [-0.1, -0.05) is 58.8 Å². The van der Waals surface area contributed by atoms with Gasteiger partial charge in [0.25, 0.3) is 0 Å². The van der Waals surface area contributed by atoms with Crippen LogP contribution in [-0.2, 0) is 4.79 Å². The normalized spacial score (nSPS) is 29.2. The molecule has 0 heterocycles. The summed E-state index contributed by atoms with van der Waals surface area (Å²) in [6.45, 7) is 4.49. The lowest BCUT2D eigenvalue weighted by molar-refractivity contribution is 0.223. The third-order valence-electron chi connectivity index (χ3n) is 4.40. The minimum atomic E-state index is 0.232. The van der Waals surface area contributed by atoms with Crippen molar-refractivity contribution in [1.82, 2.24) is 0 Å². The molecule has 0 amide bonds. The fourth-order valence-corrected chi connectivity index (χ4v) is 3.16. The quantitative estimate of drug-likeness (QED) is 0.549. The first-order valence-electron chi connectivity index (χ1n) is 7.65. The number of hydrogen-bond acceptors (Lipinski definition) is 1. The van der Waals surface area contributed by atoms with Crippen molar-refractivity contribution in [2.75, 3.05) is 0 Å². The molecule has 1 nitrogen and oxygen atoms in total. The van der Waals surface area contributed by atoms with E-state index >= 15 is 0 Å². The first-order valence-corrected chi connectivity index (χ1v) is 7.65. The van der Waals surface area contributed by atoms with E-state index in [4.69, 9.17) is 0 Å². The van der Waals surface area contributed by atoms with Gasteiger partial charge in [0.1, 0.15) is 0 Å². The summed E-state index contributed by atoms with van der Waals surface area (Å²) in [5.41, 5.74) is 0. The zero-order chi connectivity index (χ0) is 12.5. The van der Waals surface area contributed by atoms with Crippen molar-refractivity contribution >= 4 is 6.29 Å². The molecule has 1 heteroatoms. The lowest BCUT2D eigenvalue weighted by Crippen LogP contribution is -2.23. The van der Waals surface area contributed by atoms with Gasteiger partial charge in [-0.3, -0.25) is 4.79 Å². The van der Waals surface area contributed by atoms with Crippen molar-refractivity contribution in [2.45, 2.75) is 78.1 Å². The maximum atomic E-state index is 10.7. The van der Waals surface area contributed by atoms with Crippen LogP contribution in [0.1, 0.15) is 78.1 Å². The van der Waals surface area contributed by atoms with E-state index < -0.39 is 0 Å². The van der Waals surface area contributed by atoms with Gasteiger partial charge < -0.3 is 0 Å². The van der Waals surface area contributed by atoms with Crippen LogP contribution in [0.15, 0.2) is 0 Å². The standard InChI is InChI=1S/C16H29O/c1-3-4-5-6-7-8-9-15-10-11-16(13-17)14(2)12-15/h14-16H,3-12H2,1-2H3. The molecule has 0 spiro atoms. The molecule has 1 aliphatic rings. The molecule has 17 heavy (non-hydrogen) atoms. The molecule has 1 fully saturated rings. The van der Waals surface area contributed by atoms with Crippen LogP contribution >= 0.6 is 0 Å². The van der Waals surface area contributed by atoms with Crippen LogP contribution < -0.4 is 0 Å². The Balaban J connectivity index is 2.03. The number of rotatable bonds is 8. The predicted octanol–water partition coefficient (Wildman–Crippen LogP) is 4.90. The second-order valence-electron chi connectivity index (χ2n) is 5.94. The molecule has 0 aromatic rings. The van der Waals surface area contributed by atoms with Crippen molar-refractivity contribution in [2.24, 2.45) is 17.8 Å². The maximum absolute atomic E-state index is 10.7. The molecule has 1 aliphatic carbocycles. The molecular formula is C16H29O. The summed E-state index contributed by atoms with van der Waals surface area (Å²) in [5, 5.41) is 0. The number of unbranched alkanes of at least 4 members (excludes halogenated alkanes) is 5. The molecule has 1 saturated carbocycles. The van der Waals surface area contributed by atoms with Crippen molar-refractivity contribution < 1.29 is 4.79 Å². The highest BCUT2D eigenvalue weighted by atomic mass is 16.1. The molecule has 1 rings (SSSR count). The highest BCUT2D eigenvalue weighted by molar-refractivity contribution is 5.55. The minimum Gasteiger partial charge on any atom is -0.291 e. The van der Waals surface area contributed by atoms with Gasteiger partial charge in [0.2, 0.25) is 6.29 Å². The molecule has 0 aromatic heterocycles. The molecule has 3 atom stereocenters. The molecule has 0 aliphatic heterocycles. The van der Waals surface area contributed by atoms with E-state index in [0.717, 1.165) is 12.3 Å². The fourth-order valence-electron chi connectivity index (χ4n) is 3.16. The lowest BCUT2D eigenvalue weighted by Gasteiger charge is -2.30. The largest absolute Gasteiger partial charge is 0.291 e. The van der Waals surface area contributed by atoms with Crippen LogP contribution in [0.2, 0.25) is 0 Å². The Hall–Kier alpha value is -0.330. The summed E-state index contributed by atoms with van der Waals surface area (Å²) >= 11 is 0.